The molecule has 0 aromatic heterocycles. The summed E-state index contributed by atoms with van der Waals surface area (Å²) in [7, 11) is 0. The maximum Gasteiger partial charge on any atom is 0.410 e. The smallest absolute Gasteiger partial charge is 0.410 e. The van der Waals surface area contributed by atoms with E-state index in [0.717, 1.165) is 29.8 Å². The molecule has 0 radical (unpaired) electrons. The van der Waals surface area contributed by atoms with Crippen LogP contribution in [0.5, 0.6) is 11.5 Å². The van der Waals surface area contributed by atoms with E-state index < -0.39 is 17.6 Å². The number of anilines is 1. The van der Waals surface area contributed by atoms with E-state index in [-0.39, 0.29) is 19.3 Å². The van der Waals surface area contributed by atoms with Gasteiger partial charge in [0.05, 0.1) is 31.0 Å². The van der Waals surface area contributed by atoms with Gasteiger partial charge in [-0.3, -0.25) is 4.79 Å². The maximum absolute atomic E-state index is 13.2. The lowest BCUT2D eigenvalue weighted by Gasteiger charge is -2.32. The van der Waals surface area contributed by atoms with E-state index in [2.05, 4.69) is 6.07 Å². The normalized spacial score (nSPS) is 13.6. The fraction of sp³-hybridized carbons (Fsp3) is 0.517. The SMILES string of the molecule is CCOc1ccccc1OCCN(C(=O)OC(C)(C)C)C(C)Cc1cc2c(c(C(N)=O)c1)N(CCO)CC2. The minimum atomic E-state index is -0.652. The second kappa shape index (κ2) is 12.9. The molecule has 1 heterocycles. The molecule has 0 spiro atoms. The molecule has 3 N–H and O–H groups in total. The van der Waals surface area contributed by atoms with Crippen molar-refractivity contribution in [3.05, 3.63) is 53.1 Å². The highest BCUT2D eigenvalue weighted by molar-refractivity contribution is 6.00. The Kier molecular flexibility index (Phi) is 9.85. The van der Waals surface area contributed by atoms with Crippen molar-refractivity contribution < 1.29 is 28.9 Å². The molecule has 0 fully saturated rings. The van der Waals surface area contributed by atoms with Crippen LogP contribution in [-0.4, -0.2) is 73.1 Å². The van der Waals surface area contributed by atoms with Crippen LogP contribution >= 0.6 is 0 Å². The quantitative estimate of drug-likeness (QED) is 0.432. The first-order chi connectivity index (χ1) is 18.0. The third-order valence-electron chi connectivity index (χ3n) is 6.28. The van der Waals surface area contributed by atoms with Gasteiger partial charge in [0, 0.05) is 19.1 Å². The Hall–Kier alpha value is -3.46. The lowest BCUT2D eigenvalue weighted by Crippen LogP contribution is -2.45. The second-order valence-corrected chi connectivity index (χ2v) is 10.4. The number of primary amides is 1. The molecule has 2 amide bonds. The van der Waals surface area contributed by atoms with Crippen molar-refractivity contribution >= 4 is 17.7 Å². The Labute approximate surface area is 225 Å². The molecule has 1 aliphatic rings. The van der Waals surface area contributed by atoms with Crippen molar-refractivity contribution in [3.63, 3.8) is 0 Å². The number of nitrogens with zero attached hydrogens (tertiary/aromatic N) is 2. The summed E-state index contributed by atoms with van der Waals surface area (Å²) in [4.78, 5) is 29.2. The first-order valence-electron chi connectivity index (χ1n) is 13.2. The van der Waals surface area contributed by atoms with Gasteiger partial charge in [-0.2, -0.15) is 0 Å². The standard InChI is InChI=1S/C29H41N3O6/c1-6-36-24-9-7-8-10-25(24)37-16-14-32(28(35)38-29(3,4)5)20(2)17-21-18-22-11-12-31(13-15-33)26(22)23(19-21)27(30)34/h7-10,18-20,33H,6,11-17H2,1-5H3,(H2,30,34). The number of hydrogen-bond acceptors (Lipinski definition) is 7. The molecular weight excluding hydrogens is 486 g/mol. The second-order valence-electron chi connectivity index (χ2n) is 10.4. The molecule has 3 rings (SSSR count). The van der Waals surface area contributed by atoms with Gasteiger partial charge in [-0.1, -0.05) is 18.2 Å². The number of β-amino-alcohol motifs (C(OH)–C–C–N with tert-alkyl or cyclic N) is 1. The molecule has 1 atom stereocenters. The predicted molar refractivity (Wildman–Crippen MR) is 147 cm³/mol. The van der Waals surface area contributed by atoms with Crippen LogP contribution in [0.1, 0.15) is 56.1 Å². The van der Waals surface area contributed by atoms with Crippen molar-refractivity contribution in [3.8, 4) is 11.5 Å². The molecule has 0 saturated heterocycles. The van der Waals surface area contributed by atoms with Crippen LogP contribution in [-0.2, 0) is 17.6 Å². The van der Waals surface area contributed by atoms with E-state index in [4.69, 9.17) is 19.9 Å². The van der Waals surface area contributed by atoms with Crippen molar-refractivity contribution in [2.24, 2.45) is 5.73 Å². The van der Waals surface area contributed by atoms with E-state index in [9.17, 15) is 14.7 Å². The van der Waals surface area contributed by atoms with Crippen LogP contribution in [0.25, 0.3) is 0 Å². The summed E-state index contributed by atoms with van der Waals surface area (Å²) in [5, 5.41) is 9.41. The van der Waals surface area contributed by atoms with Gasteiger partial charge < -0.3 is 34.9 Å². The summed E-state index contributed by atoms with van der Waals surface area (Å²) in [6.45, 7) is 11.6. The molecular formula is C29H41N3O6. The number of aliphatic hydroxyl groups excluding tert-OH is 1. The van der Waals surface area contributed by atoms with E-state index in [1.807, 2.05) is 63.8 Å². The largest absolute Gasteiger partial charge is 0.490 e. The molecule has 38 heavy (non-hydrogen) atoms. The Morgan fingerprint density at radius 1 is 1.16 bits per heavy atom. The van der Waals surface area contributed by atoms with Gasteiger partial charge in [-0.05, 0) is 76.8 Å². The Morgan fingerprint density at radius 3 is 2.45 bits per heavy atom. The van der Waals surface area contributed by atoms with Crippen LogP contribution in [0.2, 0.25) is 0 Å². The first kappa shape index (κ1) is 29.1. The molecule has 9 heteroatoms. The topological polar surface area (TPSA) is 115 Å². The Balaban J connectivity index is 1.79. The zero-order valence-electron chi connectivity index (χ0n) is 23.2. The fourth-order valence-electron chi connectivity index (χ4n) is 4.70. The Morgan fingerprint density at radius 2 is 1.84 bits per heavy atom. The molecule has 2 aromatic carbocycles. The van der Waals surface area contributed by atoms with Gasteiger partial charge in [-0.25, -0.2) is 4.79 Å². The third kappa shape index (κ3) is 7.54. The number of fused-ring (bicyclic) bond motifs is 1. The highest BCUT2D eigenvalue weighted by Gasteiger charge is 2.29. The average molecular weight is 528 g/mol. The highest BCUT2D eigenvalue weighted by Crippen LogP contribution is 2.33. The number of amides is 2. The number of carbonyl (C=O) groups excluding carboxylic acids is 2. The number of ether oxygens (including phenoxy) is 3. The zero-order chi connectivity index (χ0) is 27.9. The predicted octanol–water partition coefficient (Wildman–Crippen LogP) is 3.79. The number of nitrogens with two attached hydrogens (primary N) is 1. The summed E-state index contributed by atoms with van der Waals surface area (Å²) < 4.78 is 17.3. The number of carbonyl (C=O) groups is 2. The molecule has 0 aliphatic carbocycles. The van der Waals surface area contributed by atoms with Crippen LogP contribution < -0.4 is 20.1 Å². The van der Waals surface area contributed by atoms with Crippen LogP contribution in [0, 0.1) is 0 Å². The number of hydrogen-bond donors (Lipinski definition) is 2. The minimum absolute atomic E-state index is 0.00160. The number of para-hydroxylation sites is 2. The van der Waals surface area contributed by atoms with Gasteiger partial charge in [-0.15, -0.1) is 0 Å². The lowest BCUT2D eigenvalue weighted by molar-refractivity contribution is 0.0148. The van der Waals surface area contributed by atoms with E-state index in [0.29, 0.717) is 43.2 Å². The van der Waals surface area contributed by atoms with E-state index in [1.165, 1.54) is 0 Å². The van der Waals surface area contributed by atoms with Crippen LogP contribution in [0.15, 0.2) is 36.4 Å². The van der Waals surface area contributed by atoms with E-state index in [1.54, 1.807) is 11.0 Å². The molecule has 208 valence electrons. The number of rotatable bonds is 12. The summed E-state index contributed by atoms with van der Waals surface area (Å²) in [5.41, 5.74) is 8.26. The van der Waals surface area contributed by atoms with Gasteiger partial charge in [0.1, 0.15) is 12.2 Å². The van der Waals surface area contributed by atoms with Crippen molar-refractivity contribution in [2.75, 3.05) is 44.4 Å². The van der Waals surface area contributed by atoms with E-state index >= 15 is 0 Å². The summed E-state index contributed by atoms with van der Waals surface area (Å²) in [6, 6.07) is 11.1. The minimum Gasteiger partial charge on any atom is -0.490 e. The average Bonchev–Trinajstić information content (AvgIpc) is 3.24. The summed E-state index contributed by atoms with van der Waals surface area (Å²) in [5.74, 6) is 0.758. The highest BCUT2D eigenvalue weighted by atomic mass is 16.6. The van der Waals surface area contributed by atoms with Gasteiger partial charge >= 0.3 is 6.09 Å². The number of benzene rings is 2. The summed E-state index contributed by atoms with van der Waals surface area (Å²) >= 11 is 0. The zero-order valence-corrected chi connectivity index (χ0v) is 23.2. The van der Waals surface area contributed by atoms with Crippen LogP contribution in [0.3, 0.4) is 0 Å². The van der Waals surface area contributed by atoms with Crippen LogP contribution in [0.4, 0.5) is 10.5 Å². The molecule has 0 bridgehead atoms. The van der Waals surface area contributed by atoms with Gasteiger partial charge in [0.2, 0.25) is 0 Å². The first-order valence-corrected chi connectivity index (χ1v) is 13.2. The van der Waals surface area contributed by atoms with Crippen molar-refractivity contribution in [1.82, 2.24) is 4.90 Å². The van der Waals surface area contributed by atoms with Gasteiger partial charge in [0.25, 0.3) is 5.91 Å². The molecule has 9 nitrogen and oxygen atoms in total. The van der Waals surface area contributed by atoms with Crippen molar-refractivity contribution in [2.45, 2.75) is 59.1 Å². The number of aliphatic hydroxyl groups is 1. The Bertz CT molecular complexity index is 1110. The van der Waals surface area contributed by atoms with Gasteiger partial charge in [0.15, 0.2) is 11.5 Å². The maximum atomic E-state index is 13.2. The lowest BCUT2D eigenvalue weighted by atomic mass is 9.97. The molecule has 0 saturated carbocycles. The molecule has 2 aromatic rings. The molecule has 1 unspecified atom stereocenters. The third-order valence-corrected chi connectivity index (χ3v) is 6.28. The molecule has 1 aliphatic heterocycles. The van der Waals surface area contributed by atoms with Crippen molar-refractivity contribution in [1.29, 1.82) is 0 Å². The fourth-order valence-corrected chi connectivity index (χ4v) is 4.70. The monoisotopic (exact) mass is 527 g/mol. The summed E-state index contributed by atoms with van der Waals surface area (Å²) in [6.07, 6.45) is 0.834.